The lowest BCUT2D eigenvalue weighted by Gasteiger charge is -2.22. The van der Waals surface area contributed by atoms with Crippen molar-refractivity contribution in [3.63, 3.8) is 0 Å². The van der Waals surface area contributed by atoms with Crippen LogP contribution in [-0.4, -0.2) is 4.98 Å². The van der Waals surface area contributed by atoms with E-state index in [9.17, 15) is 14.0 Å². The summed E-state index contributed by atoms with van der Waals surface area (Å²) in [4.78, 5) is 3.90. The molecule has 1 heterocycles. The Kier molecular flexibility index (Phi) is 3.57. The molecule has 0 saturated carbocycles. The number of nitriles is 1. The van der Waals surface area contributed by atoms with Crippen LogP contribution >= 0.6 is 0 Å². The highest BCUT2D eigenvalue weighted by Gasteiger charge is 2.30. The molecule has 96 valence electrons. The van der Waals surface area contributed by atoms with Gasteiger partial charge in [-0.2, -0.15) is 5.26 Å². The van der Waals surface area contributed by atoms with Crippen LogP contribution in [0.1, 0.15) is 18.1 Å². The first-order valence-corrected chi connectivity index (χ1v) is 5.81. The normalized spacial score (nSPS) is 13.6. The molecule has 1 aromatic carbocycles. The Balaban J connectivity index is 2.40. The summed E-state index contributed by atoms with van der Waals surface area (Å²) >= 11 is 0. The predicted octanol–water partition coefficient (Wildman–Crippen LogP) is 3.38. The lowest BCUT2D eigenvalue weighted by molar-refractivity contribution is 0.521. The molecule has 4 heteroatoms. The molecule has 1 unspecified atom stereocenters. The van der Waals surface area contributed by atoms with Gasteiger partial charge in [-0.15, -0.1) is 0 Å². The molecule has 0 spiro atoms. The topological polar surface area (TPSA) is 36.7 Å². The van der Waals surface area contributed by atoms with E-state index >= 15 is 0 Å². The molecule has 0 fully saturated rings. The second kappa shape index (κ2) is 5.15. The standard InChI is InChI=1S/C15H12F2N2/c1-15(10-18,9-11-4-6-19-7-5-11)13-3-2-12(16)8-14(13)17/h2-8H,9H2,1H3. The van der Waals surface area contributed by atoms with Gasteiger partial charge in [0.2, 0.25) is 0 Å². The number of benzene rings is 1. The summed E-state index contributed by atoms with van der Waals surface area (Å²) in [5, 5.41) is 9.37. The summed E-state index contributed by atoms with van der Waals surface area (Å²) in [5.41, 5.74) is 0.0371. The van der Waals surface area contributed by atoms with Gasteiger partial charge in [-0.3, -0.25) is 4.98 Å². The molecule has 0 aliphatic heterocycles. The second-order valence-electron chi connectivity index (χ2n) is 4.60. The van der Waals surface area contributed by atoms with Gasteiger partial charge in [0.05, 0.1) is 11.5 Å². The van der Waals surface area contributed by atoms with Gasteiger partial charge >= 0.3 is 0 Å². The zero-order chi connectivity index (χ0) is 13.9. The number of hydrogen-bond acceptors (Lipinski definition) is 2. The molecule has 19 heavy (non-hydrogen) atoms. The maximum atomic E-state index is 13.8. The Labute approximate surface area is 110 Å². The predicted molar refractivity (Wildman–Crippen MR) is 67.3 cm³/mol. The zero-order valence-electron chi connectivity index (χ0n) is 10.4. The Hall–Kier alpha value is -2.28. The van der Waals surface area contributed by atoms with Crippen LogP contribution in [0.15, 0.2) is 42.7 Å². The van der Waals surface area contributed by atoms with Crippen molar-refractivity contribution in [2.45, 2.75) is 18.8 Å². The number of aromatic nitrogens is 1. The third-order valence-corrected chi connectivity index (χ3v) is 3.08. The van der Waals surface area contributed by atoms with E-state index in [0.717, 1.165) is 11.6 Å². The van der Waals surface area contributed by atoms with Crippen LogP contribution in [0.3, 0.4) is 0 Å². The van der Waals surface area contributed by atoms with Crippen molar-refractivity contribution >= 4 is 0 Å². The molecule has 2 nitrogen and oxygen atoms in total. The molecule has 0 bridgehead atoms. The first kappa shape index (κ1) is 13.2. The van der Waals surface area contributed by atoms with Crippen molar-refractivity contribution in [3.8, 4) is 6.07 Å². The lowest BCUT2D eigenvalue weighted by atomic mass is 9.78. The van der Waals surface area contributed by atoms with E-state index in [4.69, 9.17) is 0 Å². The highest BCUT2D eigenvalue weighted by Crippen LogP contribution is 2.29. The molecular weight excluding hydrogens is 246 g/mol. The summed E-state index contributed by atoms with van der Waals surface area (Å²) in [6, 6.07) is 8.97. The highest BCUT2D eigenvalue weighted by molar-refractivity contribution is 5.35. The highest BCUT2D eigenvalue weighted by atomic mass is 19.1. The fourth-order valence-corrected chi connectivity index (χ4v) is 2.04. The lowest BCUT2D eigenvalue weighted by Crippen LogP contribution is -2.24. The minimum atomic E-state index is -1.04. The molecule has 0 amide bonds. The Bertz CT molecular complexity index is 620. The summed E-state index contributed by atoms with van der Waals surface area (Å²) in [5.74, 6) is -1.34. The average Bonchev–Trinajstić information content (AvgIpc) is 2.39. The van der Waals surface area contributed by atoms with Crippen LogP contribution in [0.2, 0.25) is 0 Å². The van der Waals surface area contributed by atoms with Gasteiger partial charge in [-0.25, -0.2) is 8.78 Å². The molecule has 2 rings (SSSR count). The van der Waals surface area contributed by atoms with Gasteiger partial charge < -0.3 is 0 Å². The molecule has 1 aromatic heterocycles. The van der Waals surface area contributed by atoms with Crippen molar-refractivity contribution in [2.24, 2.45) is 0 Å². The van der Waals surface area contributed by atoms with E-state index in [0.29, 0.717) is 6.42 Å². The second-order valence-corrected chi connectivity index (χ2v) is 4.60. The van der Waals surface area contributed by atoms with Crippen LogP contribution in [0.4, 0.5) is 8.78 Å². The fraction of sp³-hybridized carbons (Fsp3) is 0.200. The quantitative estimate of drug-likeness (QED) is 0.846. The third kappa shape index (κ3) is 2.76. The van der Waals surface area contributed by atoms with Crippen molar-refractivity contribution in [1.29, 1.82) is 5.26 Å². The Morgan fingerprint density at radius 2 is 1.89 bits per heavy atom. The average molecular weight is 258 g/mol. The van der Waals surface area contributed by atoms with E-state index in [-0.39, 0.29) is 5.56 Å². The molecule has 0 saturated heterocycles. The van der Waals surface area contributed by atoms with Gasteiger partial charge in [0.25, 0.3) is 0 Å². The van der Waals surface area contributed by atoms with E-state index in [1.807, 2.05) is 0 Å². The van der Waals surface area contributed by atoms with E-state index in [1.54, 1.807) is 31.5 Å². The molecule has 0 aliphatic carbocycles. The van der Waals surface area contributed by atoms with Crippen molar-refractivity contribution in [2.75, 3.05) is 0 Å². The van der Waals surface area contributed by atoms with Crippen LogP contribution in [-0.2, 0) is 11.8 Å². The van der Waals surface area contributed by atoms with Gasteiger partial charge in [0.15, 0.2) is 0 Å². The van der Waals surface area contributed by atoms with Gasteiger partial charge in [0, 0.05) is 24.0 Å². The Morgan fingerprint density at radius 3 is 2.47 bits per heavy atom. The fourth-order valence-electron chi connectivity index (χ4n) is 2.04. The smallest absolute Gasteiger partial charge is 0.130 e. The first-order valence-electron chi connectivity index (χ1n) is 5.81. The maximum absolute atomic E-state index is 13.8. The van der Waals surface area contributed by atoms with Crippen LogP contribution in [0, 0.1) is 23.0 Å². The number of pyridine rings is 1. The van der Waals surface area contributed by atoms with Gasteiger partial charge in [-0.05, 0) is 37.1 Å². The number of rotatable bonds is 3. The van der Waals surface area contributed by atoms with Crippen molar-refractivity contribution < 1.29 is 8.78 Å². The van der Waals surface area contributed by atoms with E-state index < -0.39 is 17.0 Å². The molecule has 0 N–H and O–H groups in total. The maximum Gasteiger partial charge on any atom is 0.130 e. The van der Waals surface area contributed by atoms with Crippen LogP contribution in [0.25, 0.3) is 0 Å². The van der Waals surface area contributed by atoms with Crippen LogP contribution < -0.4 is 0 Å². The largest absolute Gasteiger partial charge is 0.265 e. The molecule has 2 aromatic rings. The monoisotopic (exact) mass is 258 g/mol. The zero-order valence-corrected chi connectivity index (χ0v) is 10.4. The molecule has 0 radical (unpaired) electrons. The molecular formula is C15H12F2N2. The summed E-state index contributed by atoms with van der Waals surface area (Å²) < 4.78 is 26.8. The Morgan fingerprint density at radius 1 is 1.21 bits per heavy atom. The van der Waals surface area contributed by atoms with E-state index in [1.165, 1.54) is 12.1 Å². The number of nitrogens with zero attached hydrogens (tertiary/aromatic N) is 2. The van der Waals surface area contributed by atoms with E-state index in [2.05, 4.69) is 11.1 Å². The number of hydrogen-bond donors (Lipinski definition) is 0. The minimum absolute atomic E-state index is 0.202. The van der Waals surface area contributed by atoms with Gasteiger partial charge in [-0.1, -0.05) is 6.07 Å². The molecule has 1 atom stereocenters. The third-order valence-electron chi connectivity index (χ3n) is 3.08. The summed E-state index contributed by atoms with van der Waals surface area (Å²) in [6.07, 6.45) is 3.58. The number of halogens is 2. The van der Waals surface area contributed by atoms with Gasteiger partial charge in [0.1, 0.15) is 11.6 Å². The van der Waals surface area contributed by atoms with Crippen molar-refractivity contribution in [1.82, 2.24) is 4.98 Å². The van der Waals surface area contributed by atoms with Crippen molar-refractivity contribution in [3.05, 3.63) is 65.5 Å². The summed E-state index contributed by atoms with van der Waals surface area (Å²) in [7, 11) is 0. The van der Waals surface area contributed by atoms with Crippen LogP contribution in [0.5, 0.6) is 0 Å². The minimum Gasteiger partial charge on any atom is -0.265 e. The summed E-state index contributed by atoms with van der Waals surface area (Å²) in [6.45, 7) is 1.64. The molecule has 0 aliphatic rings. The first-order chi connectivity index (χ1) is 9.05. The SMILES string of the molecule is CC(C#N)(Cc1ccncc1)c1ccc(F)cc1F.